The lowest BCUT2D eigenvalue weighted by Gasteiger charge is -2.32. The van der Waals surface area contributed by atoms with E-state index in [-0.39, 0.29) is 23.1 Å². The summed E-state index contributed by atoms with van der Waals surface area (Å²) in [6.45, 7) is 6.68. The van der Waals surface area contributed by atoms with Crippen LogP contribution in [0.5, 0.6) is 5.75 Å². The Morgan fingerprint density at radius 1 is 1.02 bits per heavy atom. The first-order valence-electron chi connectivity index (χ1n) is 16.3. The summed E-state index contributed by atoms with van der Waals surface area (Å²) in [6, 6.07) is 12.8. The molecule has 1 amide bonds. The third kappa shape index (κ3) is 9.69. The summed E-state index contributed by atoms with van der Waals surface area (Å²) < 4.78 is 51.4. The Kier molecular flexibility index (Phi) is 11.4. The van der Waals surface area contributed by atoms with Crippen molar-refractivity contribution in [3.8, 4) is 17.6 Å². The van der Waals surface area contributed by atoms with Crippen molar-refractivity contribution in [1.82, 2.24) is 9.62 Å². The summed E-state index contributed by atoms with van der Waals surface area (Å²) >= 11 is 0. The number of rotatable bonds is 13. The molecule has 3 aliphatic rings. The lowest BCUT2D eigenvalue weighted by molar-refractivity contribution is -0.180. The number of nitrogens with zero attached hydrogens (tertiary/aromatic N) is 1. The monoisotopic (exact) mass is 638 g/mol. The highest BCUT2D eigenvalue weighted by Crippen LogP contribution is 2.35. The van der Waals surface area contributed by atoms with Gasteiger partial charge < -0.3 is 23.8 Å². The van der Waals surface area contributed by atoms with Gasteiger partial charge in [-0.05, 0) is 61.6 Å². The van der Waals surface area contributed by atoms with E-state index in [1.807, 2.05) is 38.1 Å². The molecule has 1 saturated heterocycles. The number of amides is 1. The summed E-state index contributed by atoms with van der Waals surface area (Å²) in [5.41, 5.74) is 2.61. The molecular weight excluding hydrogens is 592 g/mol. The Bertz CT molecular complexity index is 1470. The number of sulfonamides is 1. The molecule has 2 heterocycles. The second-order valence-electron chi connectivity index (χ2n) is 12.5. The summed E-state index contributed by atoms with van der Waals surface area (Å²) in [4.78, 5) is 14.5. The van der Waals surface area contributed by atoms with Crippen LogP contribution in [0.15, 0.2) is 47.4 Å². The molecule has 0 aromatic heterocycles. The van der Waals surface area contributed by atoms with Gasteiger partial charge in [-0.2, -0.15) is 0 Å². The third-order valence-electron chi connectivity index (χ3n) is 8.42. The summed E-state index contributed by atoms with van der Waals surface area (Å²) in [6.07, 6.45) is 9.05. The van der Waals surface area contributed by atoms with Gasteiger partial charge in [0, 0.05) is 50.6 Å². The van der Waals surface area contributed by atoms with E-state index in [0.717, 1.165) is 68.2 Å². The average molecular weight is 639 g/mol. The van der Waals surface area contributed by atoms with E-state index >= 15 is 0 Å². The number of fused-ring (bicyclic) bond motifs is 1. The molecule has 1 atom stereocenters. The molecule has 1 saturated carbocycles. The van der Waals surface area contributed by atoms with Gasteiger partial charge in [0.15, 0.2) is 0 Å². The number of carbonyl (C=O) groups excluding carboxylic acids is 1. The number of unbranched alkanes of at least 4 members (excludes halogenated alkanes) is 3. The maximum atomic E-state index is 12.8. The van der Waals surface area contributed by atoms with Crippen molar-refractivity contribution in [3.63, 3.8) is 0 Å². The van der Waals surface area contributed by atoms with Gasteiger partial charge in [-0.15, -0.1) is 0 Å². The van der Waals surface area contributed by atoms with Crippen LogP contribution in [0.4, 0.5) is 4.79 Å². The van der Waals surface area contributed by atoms with Crippen LogP contribution < -0.4 is 9.46 Å². The van der Waals surface area contributed by atoms with Crippen molar-refractivity contribution in [2.75, 3.05) is 26.3 Å². The number of ether oxygens (including phenoxy) is 4. The first-order chi connectivity index (χ1) is 21.7. The van der Waals surface area contributed by atoms with Crippen LogP contribution in [0, 0.1) is 11.8 Å². The van der Waals surface area contributed by atoms with Gasteiger partial charge in [-0.3, -0.25) is 0 Å². The van der Waals surface area contributed by atoms with E-state index in [4.69, 9.17) is 18.9 Å². The first-order valence-corrected chi connectivity index (χ1v) is 17.8. The second-order valence-corrected chi connectivity index (χ2v) is 14.3. The Balaban J connectivity index is 0.931. The zero-order valence-corrected chi connectivity index (χ0v) is 27.3. The van der Waals surface area contributed by atoms with Gasteiger partial charge in [-0.1, -0.05) is 56.1 Å². The smallest absolute Gasteiger partial charge is 0.410 e. The highest BCUT2D eigenvalue weighted by molar-refractivity contribution is 7.89. The van der Waals surface area contributed by atoms with Crippen molar-refractivity contribution < 1.29 is 32.2 Å². The molecule has 0 spiro atoms. The Labute approximate surface area is 268 Å². The maximum absolute atomic E-state index is 12.8. The van der Waals surface area contributed by atoms with E-state index in [9.17, 15) is 13.2 Å². The lowest BCUT2D eigenvalue weighted by atomic mass is 9.96. The molecule has 2 aliphatic heterocycles. The van der Waals surface area contributed by atoms with Gasteiger partial charge >= 0.3 is 6.09 Å². The third-order valence-corrected chi connectivity index (χ3v) is 9.94. The van der Waals surface area contributed by atoms with Gasteiger partial charge in [0.05, 0.1) is 24.7 Å². The van der Waals surface area contributed by atoms with Crippen LogP contribution in [0.3, 0.4) is 0 Å². The van der Waals surface area contributed by atoms with E-state index in [1.165, 1.54) is 6.42 Å². The number of benzene rings is 2. The molecule has 2 aromatic rings. The fourth-order valence-electron chi connectivity index (χ4n) is 5.92. The lowest BCUT2D eigenvalue weighted by Crippen LogP contribution is -2.36. The Hall–Kier alpha value is -3.10. The maximum Gasteiger partial charge on any atom is 0.410 e. The topological polar surface area (TPSA) is 103 Å². The van der Waals surface area contributed by atoms with Crippen LogP contribution in [0.1, 0.15) is 101 Å². The van der Waals surface area contributed by atoms with Crippen LogP contribution in [-0.4, -0.2) is 57.5 Å². The predicted octanol–water partition coefficient (Wildman–Crippen LogP) is 6.45. The number of hydrogen-bond donors (Lipinski definition) is 1. The summed E-state index contributed by atoms with van der Waals surface area (Å²) in [7, 11) is -3.54. The first kappa shape index (κ1) is 33.3. The van der Waals surface area contributed by atoms with Crippen LogP contribution >= 0.6 is 0 Å². The molecule has 5 rings (SSSR count). The van der Waals surface area contributed by atoms with Crippen molar-refractivity contribution >= 4 is 16.1 Å². The molecule has 1 N–H and O–H groups in total. The van der Waals surface area contributed by atoms with Gasteiger partial charge in [0.1, 0.15) is 11.9 Å². The SMILES string of the molecule is CC1(C)OCc2cc(C3CN(CCCCCCOCCC#Cc4cccc(S(=O)(=O)NC5CCCCC5)c4)C(=O)O3)ccc2O1. The van der Waals surface area contributed by atoms with Crippen molar-refractivity contribution in [2.45, 2.75) is 107 Å². The molecule has 1 unspecified atom stereocenters. The Morgan fingerprint density at radius 3 is 2.69 bits per heavy atom. The molecule has 0 radical (unpaired) electrons. The number of hydrogen-bond acceptors (Lipinski definition) is 7. The second kappa shape index (κ2) is 15.5. The minimum absolute atomic E-state index is 0.0267. The van der Waals surface area contributed by atoms with Gasteiger partial charge in [0.25, 0.3) is 0 Å². The van der Waals surface area contributed by atoms with Gasteiger partial charge in [-0.25, -0.2) is 17.9 Å². The van der Waals surface area contributed by atoms with Crippen LogP contribution in [0.2, 0.25) is 0 Å². The van der Waals surface area contributed by atoms with E-state index in [1.54, 1.807) is 23.1 Å². The minimum Gasteiger partial charge on any atom is -0.463 e. The number of carbonyl (C=O) groups is 1. The number of cyclic esters (lactones) is 1. The Morgan fingerprint density at radius 2 is 1.84 bits per heavy atom. The highest BCUT2D eigenvalue weighted by Gasteiger charge is 2.33. The quantitative estimate of drug-likeness (QED) is 0.199. The fraction of sp³-hybridized carbons (Fsp3) is 0.571. The molecule has 10 heteroatoms. The summed E-state index contributed by atoms with van der Waals surface area (Å²) in [5.74, 6) is 6.33. The van der Waals surface area contributed by atoms with E-state index in [2.05, 4.69) is 16.6 Å². The molecule has 1 aliphatic carbocycles. The molecule has 2 aromatic carbocycles. The van der Waals surface area contributed by atoms with Gasteiger partial charge in [0.2, 0.25) is 15.8 Å². The van der Waals surface area contributed by atoms with Crippen LogP contribution in [-0.2, 0) is 30.8 Å². The molecular formula is C35H46N2O7S. The standard InChI is InChI=1S/C35H46N2O7S/c1-35(2)42-26-29-24-28(18-19-32(29)44-35)33-25-37(34(38)43-33)20-9-3-4-10-21-41-22-11-8-13-27-14-12-17-31(23-27)45(39,40)36-30-15-6-5-7-16-30/h12,14,17-19,23-24,30,33,36H,3-7,9-11,15-16,20-22,25-26H2,1-2H3. The van der Waals surface area contributed by atoms with E-state index in [0.29, 0.717) is 44.9 Å². The predicted molar refractivity (Wildman–Crippen MR) is 171 cm³/mol. The van der Waals surface area contributed by atoms with E-state index < -0.39 is 15.8 Å². The van der Waals surface area contributed by atoms with Crippen molar-refractivity contribution in [3.05, 3.63) is 59.2 Å². The number of nitrogens with one attached hydrogen (secondary N) is 1. The fourth-order valence-corrected chi connectivity index (χ4v) is 7.27. The molecule has 244 valence electrons. The normalized spacial score (nSPS) is 19.7. The molecule has 0 bridgehead atoms. The molecule has 9 nitrogen and oxygen atoms in total. The molecule has 2 fully saturated rings. The van der Waals surface area contributed by atoms with Crippen LogP contribution in [0.25, 0.3) is 0 Å². The largest absolute Gasteiger partial charge is 0.463 e. The van der Waals surface area contributed by atoms with Crippen molar-refractivity contribution in [2.24, 2.45) is 0 Å². The molecule has 45 heavy (non-hydrogen) atoms. The zero-order chi connectivity index (χ0) is 31.7. The van der Waals surface area contributed by atoms with Crippen molar-refractivity contribution in [1.29, 1.82) is 0 Å². The highest BCUT2D eigenvalue weighted by atomic mass is 32.2. The summed E-state index contributed by atoms with van der Waals surface area (Å²) in [5, 5.41) is 0. The minimum atomic E-state index is -3.54. The average Bonchev–Trinajstić information content (AvgIpc) is 3.39. The zero-order valence-electron chi connectivity index (χ0n) is 26.5.